The van der Waals surface area contributed by atoms with Crippen LogP contribution in [-0.2, 0) is 4.79 Å². The normalized spacial score (nSPS) is 12.2. The van der Waals surface area contributed by atoms with E-state index in [1.54, 1.807) is 13.2 Å². The number of carbonyl (C=O) groups is 1. The van der Waals surface area contributed by atoms with Crippen LogP contribution in [0.2, 0.25) is 6.04 Å². The van der Waals surface area contributed by atoms with Crippen LogP contribution in [0, 0.1) is 0 Å². The Kier molecular flexibility index (Phi) is 10.6. The molecule has 0 aromatic heterocycles. The van der Waals surface area contributed by atoms with Crippen LogP contribution in [0.3, 0.4) is 0 Å². The van der Waals surface area contributed by atoms with E-state index in [1.165, 1.54) is 0 Å². The van der Waals surface area contributed by atoms with Gasteiger partial charge in [0.15, 0.2) is 0 Å². The van der Waals surface area contributed by atoms with Gasteiger partial charge in [-0.15, -0.1) is 33.2 Å². The molecule has 1 N–H and O–H groups in total. The van der Waals surface area contributed by atoms with Gasteiger partial charge in [-0.25, -0.2) is 4.79 Å². The molecule has 0 saturated carbocycles. The van der Waals surface area contributed by atoms with Crippen LogP contribution in [0.25, 0.3) is 6.08 Å². The number of carboxylic acid groups (broad SMARTS) is 1. The number of hydrogen-bond donors (Lipinski definition) is 1. The highest BCUT2D eigenvalue weighted by molar-refractivity contribution is 7.64. The van der Waals surface area contributed by atoms with E-state index in [2.05, 4.69) is 0 Å². The van der Waals surface area contributed by atoms with Crippen molar-refractivity contribution in [2.45, 2.75) is 51.0 Å². The zero-order chi connectivity index (χ0) is 18.7. The number of hydrogen-bond acceptors (Lipinski definition) is 2. The summed E-state index contributed by atoms with van der Waals surface area (Å²) in [5.41, 5.74) is 1.27. The van der Waals surface area contributed by atoms with E-state index >= 15 is 0 Å². The summed E-state index contributed by atoms with van der Waals surface area (Å²) in [5, 5.41) is 9.38. The summed E-state index contributed by atoms with van der Waals surface area (Å²) in [6.07, 6.45) is 8.34. The largest absolute Gasteiger partial charge is 0.497 e. The second-order valence-corrected chi connectivity index (χ2v) is 15.3. The number of methoxy groups -OCH3 is 1. The van der Waals surface area contributed by atoms with Gasteiger partial charge in [0.25, 0.3) is 0 Å². The van der Waals surface area contributed by atoms with Crippen LogP contribution in [0.5, 0.6) is 5.75 Å². The highest BCUT2D eigenvalue weighted by atomic mass is 35.8. The van der Waals surface area contributed by atoms with Gasteiger partial charge in [-0.05, 0) is 42.7 Å². The number of ether oxygens (including phenoxy) is 1. The first-order valence-corrected chi connectivity index (χ1v) is 13.7. The van der Waals surface area contributed by atoms with Crippen LogP contribution in [0.1, 0.15) is 50.5 Å². The summed E-state index contributed by atoms with van der Waals surface area (Å²) in [7, 11) is 1.59. The molecule has 0 aliphatic carbocycles. The predicted molar refractivity (Wildman–Crippen MR) is 109 cm³/mol. The minimum Gasteiger partial charge on any atom is -0.497 e. The first-order valence-electron chi connectivity index (χ1n) is 8.46. The van der Waals surface area contributed by atoms with E-state index in [4.69, 9.17) is 38.0 Å². The van der Waals surface area contributed by atoms with Crippen molar-refractivity contribution in [1.29, 1.82) is 0 Å². The Hall–Kier alpha value is -0.683. The lowest BCUT2D eigenvalue weighted by molar-refractivity contribution is -0.132. The molecule has 0 saturated heterocycles. The lowest BCUT2D eigenvalue weighted by Crippen LogP contribution is -2.07. The topological polar surface area (TPSA) is 46.5 Å². The molecule has 25 heavy (non-hydrogen) atoms. The molecule has 0 aliphatic heterocycles. The summed E-state index contributed by atoms with van der Waals surface area (Å²) in [6, 6.07) is 5.64. The van der Waals surface area contributed by atoms with Gasteiger partial charge >= 0.3 is 12.0 Å². The van der Waals surface area contributed by atoms with Crippen LogP contribution in [-0.4, -0.2) is 24.2 Å². The van der Waals surface area contributed by atoms with Crippen molar-refractivity contribution in [3.63, 3.8) is 0 Å². The summed E-state index contributed by atoms with van der Waals surface area (Å²) < 4.78 is 5.16. The summed E-state index contributed by atoms with van der Waals surface area (Å²) in [5.74, 6) is -0.146. The lowest BCUT2D eigenvalue weighted by Gasteiger charge is -2.07. The Morgan fingerprint density at radius 1 is 1.12 bits per heavy atom. The Bertz CT molecular complexity index is 571. The van der Waals surface area contributed by atoms with Crippen molar-refractivity contribution in [2.24, 2.45) is 0 Å². The first-order chi connectivity index (χ1) is 11.8. The van der Waals surface area contributed by atoms with Crippen molar-refractivity contribution in [2.75, 3.05) is 7.11 Å². The maximum Gasteiger partial charge on any atom is 0.341 e. The standard InChI is InChI=1S/C18H25Cl3O3Si/c1-24-17-11-8-9-15(14-17)13-16(18(22)23)10-6-4-2-3-5-7-12-25(19,20)21/h8-9,11,13-14H,2-7,10,12H2,1H3,(H,22,23)/b16-13+. The maximum atomic E-state index is 11.4. The van der Waals surface area contributed by atoms with Crippen LogP contribution in [0.4, 0.5) is 0 Å². The molecule has 0 fully saturated rings. The van der Waals surface area contributed by atoms with E-state index in [-0.39, 0.29) is 0 Å². The molecule has 3 nitrogen and oxygen atoms in total. The molecule has 0 unspecified atom stereocenters. The smallest absolute Gasteiger partial charge is 0.341 e. The molecule has 7 heteroatoms. The highest BCUT2D eigenvalue weighted by Crippen LogP contribution is 2.27. The number of rotatable bonds is 12. The fraction of sp³-hybridized carbons (Fsp3) is 0.500. The molecule has 0 amide bonds. The van der Waals surface area contributed by atoms with Crippen molar-refractivity contribution < 1.29 is 14.6 Å². The van der Waals surface area contributed by atoms with E-state index in [9.17, 15) is 9.90 Å². The van der Waals surface area contributed by atoms with Crippen molar-refractivity contribution >= 4 is 51.3 Å². The molecule has 0 bridgehead atoms. The second kappa shape index (κ2) is 11.8. The number of halogens is 3. The fourth-order valence-electron chi connectivity index (χ4n) is 2.52. The molecule has 0 aliphatic rings. The molecule has 0 atom stereocenters. The van der Waals surface area contributed by atoms with Crippen molar-refractivity contribution in [1.82, 2.24) is 0 Å². The molecule has 1 rings (SSSR count). The van der Waals surface area contributed by atoms with Gasteiger partial charge in [0, 0.05) is 5.57 Å². The zero-order valence-corrected chi connectivity index (χ0v) is 17.7. The number of aliphatic carboxylic acids is 1. The third-order valence-electron chi connectivity index (χ3n) is 3.87. The van der Waals surface area contributed by atoms with Crippen molar-refractivity contribution in [3.05, 3.63) is 35.4 Å². The molecule has 140 valence electrons. The summed E-state index contributed by atoms with van der Waals surface area (Å²) in [4.78, 5) is 11.4. The van der Waals surface area contributed by atoms with Crippen LogP contribution >= 0.6 is 33.2 Å². The minimum atomic E-state index is -2.47. The molecular formula is C18H25Cl3O3Si. The number of carboxylic acids is 1. The Labute approximate surface area is 165 Å². The fourth-order valence-corrected chi connectivity index (χ4v) is 4.37. The third-order valence-corrected chi connectivity index (χ3v) is 6.49. The number of benzene rings is 1. The second-order valence-electron chi connectivity index (χ2n) is 5.99. The zero-order valence-electron chi connectivity index (χ0n) is 14.4. The molecule has 0 spiro atoms. The average Bonchev–Trinajstić information content (AvgIpc) is 2.55. The van der Waals surface area contributed by atoms with E-state index in [0.29, 0.717) is 18.0 Å². The average molecular weight is 424 g/mol. The Morgan fingerprint density at radius 2 is 1.76 bits per heavy atom. The monoisotopic (exact) mass is 422 g/mol. The Balaban J connectivity index is 2.34. The molecular weight excluding hydrogens is 399 g/mol. The Morgan fingerprint density at radius 3 is 2.36 bits per heavy atom. The lowest BCUT2D eigenvalue weighted by atomic mass is 10.0. The van der Waals surface area contributed by atoms with Gasteiger partial charge in [0.1, 0.15) is 5.75 Å². The predicted octanol–water partition coefficient (Wildman–Crippen LogP) is 6.55. The molecule has 1 aromatic carbocycles. The van der Waals surface area contributed by atoms with E-state index < -0.39 is 12.0 Å². The maximum absolute atomic E-state index is 11.4. The van der Waals surface area contributed by atoms with Crippen molar-refractivity contribution in [3.8, 4) is 5.75 Å². The van der Waals surface area contributed by atoms with Crippen LogP contribution in [0.15, 0.2) is 29.8 Å². The first kappa shape index (κ1) is 22.4. The third kappa shape index (κ3) is 10.8. The van der Waals surface area contributed by atoms with Gasteiger partial charge in [0.2, 0.25) is 0 Å². The molecule has 0 radical (unpaired) electrons. The van der Waals surface area contributed by atoms with Gasteiger partial charge in [-0.2, -0.15) is 0 Å². The highest BCUT2D eigenvalue weighted by Gasteiger charge is 2.23. The summed E-state index contributed by atoms with van der Waals surface area (Å²) >= 11 is 17.5. The SMILES string of the molecule is COc1cccc(/C=C(\CCCCCCCC[Si](Cl)(Cl)Cl)C(=O)O)c1. The van der Waals surface area contributed by atoms with Crippen LogP contribution < -0.4 is 4.74 Å². The minimum absolute atomic E-state index is 0.426. The quantitative estimate of drug-likeness (QED) is 0.179. The summed E-state index contributed by atoms with van der Waals surface area (Å²) in [6.45, 7) is 0. The van der Waals surface area contributed by atoms with Gasteiger partial charge in [0.05, 0.1) is 7.11 Å². The van der Waals surface area contributed by atoms with Gasteiger partial charge in [-0.1, -0.05) is 44.2 Å². The van der Waals surface area contributed by atoms with E-state index in [0.717, 1.165) is 49.8 Å². The molecule has 1 aromatic rings. The number of unbranched alkanes of at least 4 members (excludes halogenated alkanes) is 5. The van der Waals surface area contributed by atoms with E-state index in [1.807, 2.05) is 24.3 Å². The molecule has 0 heterocycles. The van der Waals surface area contributed by atoms with Gasteiger partial charge < -0.3 is 9.84 Å². The van der Waals surface area contributed by atoms with Gasteiger partial charge in [-0.3, -0.25) is 0 Å².